The fourth-order valence-corrected chi connectivity index (χ4v) is 7.50. The molecule has 4 heteroatoms. The highest BCUT2D eigenvalue weighted by Crippen LogP contribution is 2.40. The van der Waals surface area contributed by atoms with Crippen LogP contribution in [0.3, 0.4) is 0 Å². The van der Waals surface area contributed by atoms with Gasteiger partial charge in [-0.25, -0.2) is 15.0 Å². The van der Waals surface area contributed by atoms with E-state index >= 15 is 0 Å². The van der Waals surface area contributed by atoms with Crippen LogP contribution in [-0.2, 0) is 0 Å². The van der Waals surface area contributed by atoms with Crippen molar-refractivity contribution in [3.05, 3.63) is 164 Å². The lowest BCUT2D eigenvalue weighted by atomic mass is 9.98. The molecule has 0 fully saturated rings. The lowest BCUT2D eigenvalue weighted by molar-refractivity contribution is 1.08. The van der Waals surface area contributed by atoms with E-state index in [1.165, 1.54) is 42.2 Å². The summed E-state index contributed by atoms with van der Waals surface area (Å²) in [6, 6.07) is 57.5. The zero-order valence-corrected chi connectivity index (χ0v) is 26.2. The molecule has 0 N–H and O–H groups in total. The molecule has 3 nitrogen and oxygen atoms in total. The molecule has 0 aliphatic heterocycles. The average molecular weight is 618 g/mol. The van der Waals surface area contributed by atoms with Crippen LogP contribution >= 0.6 is 11.3 Å². The van der Waals surface area contributed by atoms with Crippen molar-refractivity contribution in [3.8, 4) is 56.4 Å². The van der Waals surface area contributed by atoms with Crippen molar-refractivity contribution < 1.29 is 0 Å². The molecule has 2 aromatic heterocycles. The van der Waals surface area contributed by atoms with Crippen molar-refractivity contribution >= 4 is 42.3 Å². The lowest BCUT2D eigenvalue weighted by Gasteiger charge is -2.11. The van der Waals surface area contributed by atoms with Crippen LogP contribution in [0, 0.1) is 0 Å². The molecule has 0 saturated heterocycles. The molecule has 0 unspecified atom stereocenters. The number of nitrogens with zero attached hydrogens (tertiary/aromatic N) is 3. The minimum Gasteiger partial charge on any atom is -0.208 e. The first kappa shape index (κ1) is 27.3. The molecule has 9 aromatic rings. The summed E-state index contributed by atoms with van der Waals surface area (Å²) >= 11 is 1.80. The maximum Gasteiger partial charge on any atom is 0.164 e. The molecule has 7 aromatic carbocycles. The molecule has 0 aliphatic rings. The summed E-state index contributed by atoms with van der Waals surface area (Å²) in [7, 11) is 0. The van der Waals surface area contributed by atoms with E-state index in [4.69, 9.17) is 15.0 Å². The second-order valence-corrected chi connectivity index (χ2v) is 12.8. The number of aromatic nitrogens is 3. The van der Waals surface area contributed by atoms with Gasteiger partial charge in [0.2, 0.25) is 0 Å². The first-order chi connectivity index (χ1) is 23.3. The predicted octanol–water partition coefficient (Wildman–Crippen LogP) is 11.7. The molecule has 0 radical (unpaired) electrons. The normalized spacial score (nSPS) is 11.4. The third-order valence-electron chi connectivity index (χ3n) is 8.73. The van der Waals surface area contributed by atoms with Crippen LogP contribution in [0.1, 0.15) is 0 Å². The van der Waals surface area contributed by atoms with E-state index in [0.717, 1.165) is 27.6 Å². The Balaban J connectivity index is 1.19. The minimum absolute atomic E-state index is 0.652. The number of benzene rings is 7. The molecule has 0 bridgehead atoms. The van der Waals surface area contributed by atoms with Gasteiger partial charge in [0.1, 0.15) is 0 Å². The van der Waals surface area contributed by atoms with Crippen LogP contribution in [0.15, 0.2) is 164 Å². The molecular formula is C43H27N3S. The standard InChI is InChI=1S/C43H27N3S/c1-2-10-28(11-3-1)33-14-8-15-34(26-33)30-20-23-31(24-21-30)41-44-42(35-25-22-29-12-4-5-13-32(29)27-35)46-43(45-41)37-17-9-19-39-40(37)36-16-6-7-18-38(36)47-39/h1-27H. The SMILES string of the molecule is c1ccc(-c2cccc(-c3ccc(-c4nc(-c5ccc6ccccc6c5)nc(-c5cccc6sc7ccccc7c56)n4)cc3)c2)cc1. The molecular weight excluding hydrogens is 591 g/mol. The quantitative estimate of drug-likeness (QED) is 0.193. The summed E-state index contributed by atoms with van der Waals surface area (Å²) in [5, 5.41) is 4.75. The lowest BCUT2D eigenvalue weighted by Crippen LogP contribution is -2.00. The molecule has 2 heterocycles. The van der Waals surface area contributed by atoms with Crippen molar-refractivity contribution in [1.29, 1.82) is 0 Å². The van der Waals surface area contributed by atoms with Gasteiger partial charge in [0.25, 0.3) is 0 Å². The van der Waals surface area contributed by atoms with Crippen LogP contribution in [0.4, 0.5) is 0 Å². The van der Waals surface area contributed by atoms with E-state index in [2.05, 4.69) is 158 Å². The van der Waals surface area contributed by atoms with E-state index in [-0.39, 0.29) is 0 Å². The summed E-state index contributed by atoms with van der Waals surface area (Å²) in [5.74, 6) is 1.98. The van der Waals surface area contributed by atoms with Gasteiger partial charge in [0.15, 0.2) is 17.5 Å². The molecule has 0 aliphatic carbocycles. The fraction of sp³-hybridized carbons (Fsp3) is 0. The van der Waals surface area contributed by atoms with E-state index in [9.17, 15) is 0 Å². The van der Waals surface area contributed by atoms with Crippen molar-refractivity contribution in [1.82, 2.24) is 15.0 Å². The van der Waals surface area contributed by atoms with Crippen molar-refractivity contribution in [2.45, 2.75) is 0 Å². The molecule has 9 rings (SSSR count). The van der Waals surface area contributed by atoms with E-state index < -0.39 is 0 Å². The third kappa shape index (κ3) is 5.05. The molecule has 47 heavy (non-hydrogen) atoms. The van der Waals surface area contributed by atoms with Gasteiger partial charge < -0.3 is 0 Å². The molecule has 0 spiro atoms. The largest absolute Gasteiger partial charge is 0.208 e. The number of hydrogen-bond donors (Lipinski definition) is 0. The Kier molecular flexibility index (Phi) is 6.65. The predicted molar refractivity (Wildman–Crippen MR) is 197 cm³/mol. The summed E-state index contributed by atoms with van der Waals surface area (Å²) in [5.41, 5.74) is 7.64. The highest BCUT2D eigenvalue weighted by molar-refractivity contribution is 7.25. The maximum atomic E-state index is 5.14. The van der Waals surface area contributed by atoms with Crippen LogP contribution < -0.4 is 0 Å². The van der Waals surface area contributed by atoms with Gasteiger partial charge in [-0.2, -0.15) is 0 Å². The zero-order chi connectivity index (χ0) is 31.2. The van der Waals surface area contributed by atoms with Gasteiger partial charge in [0, 0.05) is 36.9 Å². The summed E-state index contributed by atoms with van der Waals surface area (Å²) in [4.78, 5) is 15.3. The Morgan fingerprint density at radius 3 is 1.74 bits per heavy atom. The van der Waals surface area contributed by atoms with Gasteiger partial charge in [0.05, 0.1) is 0 Å². The summed E-state index contributed by atoms with van der Waals surface area (Å²) in [6.45, 7) is 0. The van der Waals surface area contributed by atoms with Crippen LogP contribution in [-0.4, -0.2) is 15.0 Å². The number of thiophene rings is 1. The zero-order valence-electron chi connectivity index (χ0n) is 25.3. The van der Waals surface area contributed by atoms with Gasteiger partial charge in [-0.1, -0.05) is 140 Å². The third-order valence-corrected chi connectivity index (χ3v) is 9.87. The topological polar surface area (TPSA) is 38.7 Å². The maximum absolute atomic E-state index is 5.14. The van der Waals surface area contributed by atoms with E-state index in [1.54, 1.807) is 11.3 Å². The number of rotatable bonds is 5. The van der Waals surface area contributed by atoms with Gasteiger partial charge in [-0.3, -0.25) is 0 Å². The first-order valence-corrected chi connectivity index (χ1v) is 16.5. The summed E-state index contributed by atoms with van der Waals surface area (Å²) < 4.78 is 2.48. The second kappa shape index (κ2) is 11.4. The second-order valence-electron chi connectivity index (χ2n) is 11.7. The van der Waals surface area contributed by atoms with Crippen LogP contribution in [0.2, 0.25) is 0 Å². The van der Waals surface area contributed by atoms with Crippen molar-refractivity contribution in [2.24, 2.45) is 0 Å². The Labute approximate surface area is 276 Å². The van der Waals surface area contributed by atoms with Gasteiger partial charge in [-0.15, -0.1) is 11.3 Å². The fourth-order valence-electron chi connectivity index (χ4n) is 6.36. The highest BCUT2D eigenvalue weighted by atomic mass is 32.1. The molecule has 220 valence electrons. The molecule has 0 amide bonds. The van der Waals surface area contributed by atoms with Gasteiger partial charge in [-0.05, 0) is 57.3 Å². The average Bonchev–Trinajstić information content (AvgIpc) is 3.54. The van der Waals surface area contributed by atoms with Crippen LogP contribution in [0.25, 0.3) is 87.4 Å². The Morgan fingerprint density at radius 2 is 0.915 bits per heavy atom. The smallest absolute Gasteiger partial charge is 0.164 e. The monoisotopic (exact) mass is 617 g/mol. The van der Waals surface area contributed by atoms with E-state index in [0.29, 0.717) is 17.5 Å². The number of hydrogen-bond acceptors (Lipinski definition) is 4. The van der Waals surface area contributed by atoms with Crippen molar-refractivity contribution in [3.63, 3.8) is 0 Å². The number of fused-ring (bicyclic) bond motifs is 4. The van der Waals surface area contributed by atoms with E-state index in [1.807, 2.05) is 6.07 Å². The minimum atomic E-state index is 0.652. The Morgan fingerprint density at radius 1 is 0.340 bits per heavy atom. The Hall–Kier alpha value is -5.97. The molecule has 0 saturated carbocycles. The Bertz CT molecular complexity index is 2570. The highest BCUT2D eigenvalue weighted by Gasteiger charge is 2.17. The van der Waals surface area contributed by atoms with Gasteiger partial charge >= 0.3 is 0 Å². The molecule has 0 atom stereocenters. The van der Waals surface area contributed by atoms with Crippen molar-refractivity contribution in [2.75, 3.05) is 0 Å². The summed E-state index contributed by atoms with van der Waals surface area (Å²) in [6.07, 6.45) is 0. The van der Waals surface area contributed by atoms with Crippen LogP contribution in [0.5, 0.6) is 0 Å². The first-order valence-electron chi connectivity index (χ1n) is 15.7.